The number of hydrazone groups is 1. The molecule has 0 bridgehead atoms. The van der Waals surface area contributed by atoms with Crippen molar-refractivity contribution in [3.05, 3.63) is 51.5 Å². The molecular weight excluding hydrogens is 440 g/mol. The number of rotatable bonds is 4. The summed E-state index contributed by atoms with van der Waals surface area (Å²) >= 11 is 1.37. The summed E-state index contributed by atoms with van der Waals surface area (Å²) in [5.74, 6) is -1.50. The van der Waals surface area contributed by atoms with Gasteiger partial charge in [0.1, 0.15) is 17.7 Å². The number of amides is 3. The van der Waals surface area contributed by atoms with Gasteiger partial charge in [-0.3, -0.25) is 4.79 Å². The first-order valence-electron chi connectivity index (χ1n) is 10.1. The van der Waals surface area contributed by atoms with Gasteiger partial charge in [-0.1, -0.05) is 11.3 Å². The van der Waals surface area contributed by atoms with Crippen LogP contribution in [0.3, 0.4) is 0 Å². The standard InChI is InChI=1S/C21H19F2N5O3S/c1-24-19(29)12-6-16-18(7-12)32-20(26-16)31-15-9-27(10-15)21(30)28-17(2-3-25-28)11-4-13(22)8-14(23)5-11/h3-5,7-8,15,17H,2,6,9-10H2,1H3,(H,24,29)/t17-/m0/s1. The van der Waals surface area contributed by atoms with Gasteiger partial charge in [-0.25, -0.2) is 23.6 Å². The SMILES string of the molecule is CNC(=O)C1=Cc2sc(OC3CN(C(=O)N4N=CC[C@H]4c4cc(F)cc(F)c4)C3)nc2C1. The largest absolute Gasteiger partial charge is 0.463 e. The van der Waals surface area contributed by atoms with Gasteiger partial charge in [0.05, 0.1) is 29.7 Å². The van der Waals surface area contributed by atoms with Crippen molar-refractivity contribution in [3.63, 3.8) is 0 Å². The highest BCUT2D eigenvalue weighted by atomic mass is 32.1. The summed E-state index contributed by atoms with van der Waals surface area (Å²) in [6.45, 7) is 0.720. The summed E-state index contributed by atoms with van der Waals surface area (Å²) in [5, 5.41) is 8.48. The van der Waals surface area contributed by atoms with E-state index in [9.17, 15) is 18.4 Å². The van der Waals surface area contributed by atoms with Gasteiger partial charge < -0.3 is 15.0 Å². The quantitative estimate of drug-likeness (QED) is 0.762. The summed E-state index contributed by atoms with van der Waals surface area (Å²) in [7, 11) is 1.59. The summed E-state index contributed by atoms with van der Waals surface area (Å²) in [4.78, 5) is 31.5. The smallest absolute Gasteiger partial charge is 0.341 e. The van der Waals surface area contributed by atoms with Crippen LogP contribution in [-0.4, -0.2) is 59.3 Å². The number of nitrogens with one attached hydrogen (secondary N) is 1. The number of likely N-dealkylation sites (N-methyl/N-ethyl adjacent to an activating group) is 1. The van der Waals surface area contributed by atoms with Crippen molar-refractivity contribution >= 4 is 35.6 Å². The van der Waals surface area contributed by atoms with E-state index < -0.39 is 17.7 Å². The Bertz CT molecular complexity index is 1140. The van der Waals surface area contributed by atoms with Crippen molar-refractivity contribution in [1.29, 1.82) is 0 Å². The third kappa shape index (κ3) is 3.72. The number of urea groups is 1. The highest BCUT2D eigenvalue weighted by Crippen LogP contribution is 2.36. The Morgan fingerprint density at radius 2 is 1.97 bits per heavy atom. The highest BCUT2D eigenvalue weighted by molar-refractivity contribution is 7.14. The third-order valence-electron chi connectivity index (χ3n) is 5.57. The van der Waals surface area contributed by atoms with E-state index in [1.807, 2.05) is 6.08 Å². The number of carbonyl (C=O) groups excluding carboxylic acids is 2. The second kappa shape index (κ2) is 7.97. The van der Waals surface area contributed by atoms with Crippen LogP contribution < -0.4 is 10.1 Å². The molecule has 3 heterocycles. The van der Waals surface area contributed by atoms with Crippen LogP contribution in [0.25, 0.3) is 6.08 Å². The first-order valence-corrected chi connectivity index (χ1v) is 10.9. The lowest BCUT2D eigenvalue weighted by atomic mass is 10.0. The summed E-state index contributed by atoms with van der Waals surface area (Å²) < 4.78 is 33.1. The van der Waals surface area contributed by atoms with Crippen LogP contribution in [0.2, 0.25) is 0 Å². The van der Waals surface area contributed by atoms with Gasteiger partial charge in [0.15, 0.2) is 0 Å². The van der Waals surface area contributed by atoms with Crippen molar-refractivity contribution in [2.45, 2.75) is 25.0 Å². The Morgan fingerprint density at radius 1 is 1.22 bits per heavy atom. The molecule has 0 unspecified atom stereocenters. The van der Waals surface area contributed by atoms with Crippen LogP contribution in [0.5, 0.6) is 5.19 Å². The average Bonchev–Trinajstić information content (AvgIpc) is 3.43. The van der Waals surface area contributed by atoms with E-state index >= 15 is 0 Å². The maximum atomic E-state index is 13.6. The zero-order valence-corrected chi connectivity index (χ0v) is 17.9. The number of hydrogen-bond acceptors (Lipinski definition) is 6. The summed E-state index contributed by atoms with van der Waals surface area (Å²) in [6.07, 6.45) is 4.04. The molecule has 3 amide bonds. The van der Waals surface area contributed by atoms with Crippen molar-refractivity contribution in [3.8, 4) is 5.19 Å². The van der Waals surface area contributed by atoms with Gasteiger partial charge in [0, 0.05) is 37.7 Å². The number of thiazole rings is 1. The van der Waals surface area contributed by atoms with Crippen LogP contribution >= 0.6 is 11.3 Å². The van der Waals surface area contributed by atoms with Gasteiger partial charge in [0.2, 0.25) is 5.91 Å². The van der Waals surface area contributed by atoms with E-state index in [1.54, 1.807) is 18.2 Å². The molecule has 32 heavy (non-hydrogen) atoms. The Labute approximate surface area is 186 Å². The van der Waals surface area contributed by atoms with E-state index in [2.05, 4.69) is 15.4 Å². The predicted molar refractivity (Wildman–Crippen MR) is 113 cm³/mol. The minimum Gasteiger partial charge on any atom is -0.463 e. The molecule has 1 N–H and O–H groups in total. The highest BCUT2D eigenvalue weighted by Gasteiger charge is 2.39. The van der Waals surface area contributed by atoms with Crippen LogP contribution in [-0.2, 0) is 11.2 Å². The molecule has 0 saturated carbocycles. The third-order valence-corrected chi connectivity index (χ3v) is 6.51. The number of carbonyl (C=O) groups is 2. The van der Waals surface area contributed by atoms with E-state index in [1.165, 1.54) is 28.5 Å². The van der Waals surface area contributed by atoms with Crippen LogP contribution in [0.15, 0.2) is 28.9 Å². The molecule has 5 rings (SSSR count). The zero-order chi connectivity index (χ0) is 22.4. The molecule has 1 saturated heterocycles. The van der Waals surface area contributed by atoms with Crippen molar-refractivity contribution in [2.75, 3.05) is 20.1 Å². The molecule has 1 atom stereocenters. The molecule has 1 fully saturated rings. The molecule has 0 spiro atoms. The first kappa shape index (κ1) is 20.6. The Kier molecular flexibility index (Phi) is 5.12. The molecule has 1 aromatic heterocycles. The number of hydrogen-bond donors (Lipinski definition) is 1. The minimum absolute atomic E-state index is 0.116. The lowest BCUT2D eigenvalue weighted by molar-refractivity contribution is -0.117. The number of benzene rings is 1. The molecule has 1 aromatic carbocycles. The van der Waals surface area contributed by atoms with Gasteiger partial charge in [-0.05, 0) is 23.8 Å². The summed E-state index contributed by atoms with van der Waals surface area (Å²) in [5.41, 5.74) is 1.85. The van der Waals surface area contributed by atoms with Gasteiger partial charge in [-0.2, -0.15) is 5.10 Å². The lowest BCUT2D eigenvalue weighted by Gasteiger charge is -2.40. The van der Waals surface area contributed by atoms with Crippen molar-refractivity contribution in [1.82, 2.24) is 20.2 Å². The van der Waals surface area contributed by atoms with Crippen LogP contribution in [0.4, 0.5) is 13.6 Å². The van der Waals surface area contributed by atoms with E-state index in [-0.39, 0.29) is 18.0 Å². The number of aromatic nitrogens is 1. The lowest BCUT2D eigenvalue weighted by Crippen LogP contribution is -2.58. The second-order valence-corrected chi connectivity index (χ2v) is 8.73. The fourth-order valence-electron chi connectivity index (χ4n) is 3.93. The molecule has 2 aromatic rings. The Morgan fingerprint density at radius 3 is 2.66 bits per heavy atom. The maximum Gasteiger partial charge on any atom is 0.341 e. The molecule has 166 valence electrons. The molecular formula is C21H19F2N5O3S. The number of nitrogens with zero attached hydrogens (tertiary/aromatic N) is 4. The van der Waals surface area contributed by atoms with E-state index in [0.29, 0.717) is 42.3 Å². The van der Waals surface area contributed by atoms with Crippen LogP contribution in [0, 0.1) is 11.6 Å². The second-order valence-electron chi connectivity index (χ2n) is 7.74. The monoisotopic (exact) mass is 459 g/mol. The maximum absolute atomic E-state index is 13.6. The molecule has 2 aliphatic heterocycles. The normalized spacial score (nSPS) is 19.6. The minimum atomic E-state index is -0.690. The molecule has 1 aliphatic carbocycles. The van der Waals surface area contributed by atoms with Crippen molar-refractivity contribution < 1.29 is 23.1 Å². The topological polar surface area (TPSA) is 87.1 Å². The average molecular weight is 459 g/mol. The molecule has 8 nitrogen and oxygen atoms in total. The molecule has 3 aliphatic rings. The van der Waals surface area contributed by atoms with E-state index in [0.717, 1.165) is 16.6 Å². The number of halogens is 2. The predicted octanol–water partition coefficient (Wildman–Crippen LogP) is 2.72. The number of likely N-dealkylation sites (tertiary alicyclic amines) is 1. The van der Waals surface area contributed by atoms with E-state index in [4.69, 9.17) is 4.74 Å². The fourth-order valence-corrected chi connectivity index (χ4v) is 4.89. The van der Waals surface area contributed by atoms with Gasteiger partial charge >= 0.3 is 6.03 Å². The van der Waals surface area contributed by atoms with Crippen LogP contribution in [0.1, 0.15) is 28.6 Å². The number of ether oxygens (including phenoxy) is 1. The first-order chi connectivity index (χ1) is 15.4. The zero-order valence-electron chi connectivity index (χ0n) is 17.0. The Hall–Kier alpha value is -3.34. The molecule has 0 radical (unpaired) electrons. The van der Waals surface area contributed by atoms with Gasteiger partial charge in [-0.15, -0.1) is 0 Å². The summed E-state index contributed by atoms with van der Waals surface area (Å²) in [6, 6.07) is 2.35. The number of fused-ring (bicyclic) bond motifs is 1. The fraction of sp³-hybridized carbons (Fsp3) is 0.333. The molecule has 11 heteroatoms. The van der Waals surface area contributed by atoms with Crippen molar-refractivity contribution in [2.24, 2.45) is 5.10 Å². The Balaban J connectivity index is 1.18. The van der Waals surface area contributed by atoms with Gasteiger partial charge in [0.25, 0.3) is 5.19 Å².